The molecule has 3 rings (SSSR count). The van der Waals surface area contributed by atoms with Crippen molar-refractivity contribution in [2.45, 2.75) is 0 Å². The Labute approximate surface area is 160 Å². The van der Waals surface area contributed by atoms with Crippen molar-refractivity contribution in [3.8, 4) is 11.5 Å². The first-order valence-corrected chi connectivity index (χ1v) is 8.22. The number of methoxy groups -OCH3 is 2. The summed E-state index contributed by atoms with van der Waals surface area (Å²) in [6, 6.07) is 10.3. The fourth-order valence-corrected chi connectivity index (χ4v) is 2.79. The van der Waals surface area contributed by atoms with Gasteiger partial charge in [-0.15, -0.1) is 0 Å². The van der Waals surface area contributed by atoms with Crippen molar-refractivity contribution in [1.82, 2.24) is 5.32 Å². The molecule has 8 heteroatoms. The number of carbonyl (C=O) groups is 3. The third-order valence-electron chi connectivity index (χ3n) is 3.92. The van der Waals surface area contributed by atoms with Crippen LogP contribution in [0.4, 0.5) is 10.5 Å². The summed E-state index contributed by atoms with van der Waals surface area (Å²) >= 11 is 5.85. The number of imide groups is 2. The van der Waals surface area contributed by atoms with E-state index in [1.807, 2.05) is 0 Å². The molecule has 0 atom stereocenters. The van der Waals surface area contributed by atoms with Crippen LogP contribution in [0.15, 0.2) is 48.0 Å². The Morgan fingerprint density at radius 2 is 1.70 bits per heavy atom. The van der Waals surface area contributed by atoms with Crippen molar-refractivity contribution in [2.75, 3.05) is 19.1 Å². The molecule has 27 heavy (non-hydrogen) atoms. The number of hydrogen-bond donors (Lipinski definition) is 1. The quantitative estimate of drug-likeness (QED) is 0.645. The lowest BCUT2D eigenvalue weighted by Crippen LogP contribution is -2.54. The van der Waals surface area contributed by atoms with Gasteiger partial charge in [0.05, 0.1) is 19.9 Å². The summed E-state index contributed by atoms with van der Waals surface area (Å²) in [5.41, 5.74) is 0.537. The second kappa shape index (κ2) is 7.51. The highest BCUT2D eigenvalue weighted by atomic mass is 35.5. The van der Waals surface area contributed by atoms with E-state index in [1.165, 1.54) is 32.4 Å². The fourth-order valence-electron chi connectivity index (χ4n) is 2.66. The highest BCUT2D eigenvalue weighted by molar-refractivity contribution is 6.39. The maximum Gasteiger partial charge on any atom is 0.335 e. The standard InChI is InChI=1S/C19H15ClN2O5/c1-26-15-5-3-4-11(16(15)27-2)10-14-17(23)21-19(25)22(18(14)24)13-8-6-12(20)7-9-13/h3-10H,1-2H3,(H,21,23,25)/b14-10-. The number of barbiturate groups is 1. The van der Waals surface area contributed by atoms with E-state index in [1.54, 1.807) is 30.3 Å². The highest BCUT2D eigenvalue weighted by Crippen LogP contribution is 2.33. The Morgan fingerprint density at radius 1 is 1.00 bits per heavy atom. The van der Waals surface area contributed by atoms with Crippen LogP contribution in [0.1, 0.15) is 5.56 Å². The van der Waals surface area contributed by atoms with Gasteiger partial charge < -0.3 is 9.47 Å². The molecule has 1 aliphatic rings. The van der Waals surface area contributed by atoms with Crippen molar-refractivity contribution in [2.24, 2.45) is 0 Å². The molecule has 0 unspecified atom stereocenters. The van der Waals surface area contributed by atoms with Gasteiger partial charge in [-0.25, -0.2) is 9.69 Å². The fraction of sp³-hybridized carbons (Fsp3) is 0.105. The molecule has 0 aromatic heterocycles. The molecule has 4 amide bonds. The number of carbonyl (C=O) groups excluding carboxylic acids is 3. The SMILES string of the molecule is COc1cccc(/C=C2/C(=O)NC(=O)N(c3ccc(Cl)cc3)C2=O)c1OC. The van der Waals surface area contributed by atoms with Gasteiger partial charge in [0.25, 0.3) is 11.8 Å². The zero-order valence-electron chi connectivity index (χ0n) is 14.5. The first-order valence-electron chi connectivity index (χ1n) is 7.84. The summed E-state index contributed by atoms with van der Waals surface area (Å²) in [7, 11) is 2.93. The molecule has 2 aromatic rings. The van der Waals surface area contributed by atoms with Crippen molar-refractivity contribution in [1.29, 1.82) is 0 Å². The second-order valence-corrected chi connectivity index (χ2v) is 5.95. The number of ether oxygens (including phenoxy) is 2. The van der Waals surface area contributed by atoms with Crippen LogP contribution in [0.3, 0.4) is 0 Å². The summed E-state index contributed by atoms with van der Waals surface area (Å²) in [4.78, 5) is 38.2. The number of para-hydroxylation sites is 1. The van der Waals surface area contributed by atoms with Crippen molar-refractivity contribution < 1.29 is 23.9 Å². The monoisotopic (exact) mass is 386 g/mol. The topological polar surface area (TPSA) is 84.9 Å². The molecule has 1 heterocycles. The lowest BCUT2D eigenvalue weighted by molar-refractivity contribution is -0.122. The second-order valence-electron chi connectivity index (χ2n) is 5.52. The number of nitrogens with one attached hydrogen (secondary N) is 1. The molecule has 0 bridgehead atoms. The molecule has 1 aliphatic heterocycles. The van der Waals surface area contributed by atoms with Gasteiger partial charge in [-0.2, -0.15) is 0 Å². The van der Waals surface area contributed by atoms with Crippen LogP contribution in [0.25, 0.3) is 6.08 Å². The molecule has 7 nitrogen and oxygen atoms in total. The van der Waals surface area contributed by atoms with Gasteiger partial charge in [0.1, 0.15) is 5.57 Å². The van der Waals surface area contributed by atoms with E-state index in [4.69, 9.17) is 21.1 Å². The smallest absolute Gasteiger partial charge is 0.335 e. The highest BCUT2D eigenvalue weighted by Gasteiger charge is 2.37. The lowest BCUT2D eigenvalue weighted by atomic mass is 10.1. The average Bonchev–Trinajstić information content (AvgIpc) is 2.66. The number of benzene rings is 2. The summed E-state index contributed by atoms with van der Waals surface area (Å²) in [5, 5.41) is 2.62. The molecule has 138 valence electrons. The molecule has 0 radical (unpaired) electrons. The minimum atomic E-state index is -0.831. The molecule has 1 saturated heterocycles. The number of nitrogens with zero attached hydrogens (tertiary/aromatic N) is 1. The maximum atomic E-state index is 12.9. The van der Waals surface area contributed by atoms with Crippen LogP contribution in [0.2, 0.25) is 5.02 Å². The van der Waals surface area contributed by atoms with E-state index >= 15 is 0 Å². The van der Waals surface area contributed by atoms with Crippen molar-refractivity contribution >= 4 is 41.2 Å². The largest absolute Gasteiger partial charge is 0.493 e. The van der Waals surface area contributed by atoms with Gasteiger partial charge in [-0.05, 0) is 36.4 Å². The Balaban J connectivity index is 2.06. The zero-order chi connectivity index (χ0) is 19.6. The molecule has 2 aromatic carbocycles. The van der Waals surface area contributed by atoms with E-state index in [-0.39, 0.29) is 11.3 Å². The average molecular weight is 387 g/mol. The normalized spacial score (nSPS) is 15.7. The van der Waals surface area contributed by atoms with Gasteiger partial charge in [-0.1, -0.05) is 23.7 Å². The molecule has 0 saturated carbocycles. The number of halogens is 1. The number of urea groups is 1. The Hall–Kier alpha value is -3.32. The third-order valence-corrected chi connectivity index (χ3v) is 4.17. The van der Waals surface area contributed by atoms with Gasteiger partial charge in [0.15, 0.2) is 11.5 Å². The van der Waals surface area contributed by atoms with E-state index in [9.17, 15) is 14.4 Å². The number of amides is 4. The Morgan fingerprint density at radius 3 is 2.33 bits per heavy atom. The van der Waals surface area contributed by atoms with Crippen molar-refractivity contribution in [3.63, 3.8) is 0 Å². The molecule has 0 aliphatic carbocycles. The van der Waals surface area contributed by atoms with Gasteiger partial charge >= 0.3 is 6.03 Å². The van der Waals surface area contributed by atoms with Crippen LogP contribution in [0, 0.1) is 0 Å². The number of anilines is 1. The third kappa shape index (κ3) is 3.50. The molecule has 0 spiro atoms. The van der Waals surface area contributed by atoms with Crippen LogP contribution >= 0.6 is 11.6 Å². The van der Waals surface area contributed by atoms with Crippen LogP contribution in [-0.4, -0.2) is 32.1 Å². The first kappa shape index (κ1) is 18.5. The van der Waals surface area contributed by atoms with E-state index in [2.05, 4.69) is 5.32 Å². The van der Waals surface area contributed by atoms with Crippen molar-refractivity contribution in [3.05, 3.63) is 58.6 Å². The minimum Gasteiger partial charge on any atom is -0.493 e. The number of hydrogen-bond acceptors (Lipinski definition) is 5. The summed E-state index contributed by atoms with van der Waals surface area (Å²) in [6.07, 6.45) is 1.36. The maximum absolute atomic E-state index is 12.9. The van der Waals surface area contributed by atoms with Gasteiger partial charge in [0.2, 0.25) is 0 Å². The summed E-state index contributed by atoms with van der Waals surface area (Å²) in [6.45, 7) is 0. The minimum absolute atomic E-state index is 0.212. The molecule has 1 N–H and O–H groups in total. The van der Waals surface area contributed by atoms with E-state index < -0.39 is 17.8 Å². The lowest BCUT2D eigenvalue weighted by Gasteiger charge is -2.26. The predicted octanol–water partition coefficient (Wildman–Crippen LogP) is 3.02. The van der Waals surface area contributed by atoms with Crippen LogP contribution in [-0.2, 0) is 9.59 Å². The van der Waals surface area contributed by atoms with E-state index in [0.29, 0.717) is 22.1 Å². The van der Waals surface area contributed by atoms with Gasteiger partial charge in [0, 0.05) is 10.6 Å². The molecular weight excluding hydrogens is 372 g/mol. The molecule has 1 fully saturated rings. The summed E-state index contributed by atoms with van der Waals surface area (Å²) in [5.74, 6) is -0.736. The predicted molar refractivity (Wildman–Crippen MR) is 100.0 cm³/mol. The zero-order valence-corrected chi connectivity index (χ0v) is 15.2. The van der Waals surface area contributed by atoms with Gasteiger partial charge in [-0.3, -0.25) is 14.9 Å². The van der Waals surface area contributed by atoms with Crippen LogP contribution < -0.4 is 19.7 Å². The number of rotatable bonds is 4. The van der Waals surface area contributed by atoms with E-state index in [0.717, 1.165) is 4.90 Å². The molecular formula is C19H15ClN2O5. The Kier molecular flexibility index (Phi) is 5.14. The Bertz CT molecular complexity index is 953. The first-order chi connectivity index (χ1) is 13.0. The summed E-state index contributed by atoms with van der Waals surface area (Å²) < 4.78 is 10.5. The van der Waals surface area contributed by atoms with Crippen LogP contribution in [0.5, 0.6) is 11.5 Å².